The Morgan fingerprint density at radius 3 is 1.49 bits per heavy atom. The van der Waals surface area contributed by atoms with E-state index in [1.165, 1.54) is 60.1 Å². The lowest BCUT2D eigenvalue weighted by molar-refractivity contribution is 0.282. The SMILES string of the molecule is Cc1ccc(-c2ccc3ccc4c(-c5ccc(CO)cc5)ccc5ccc2c3c54)cc1.N/C=C\O. The highest BCUT2D eigenvalue weighted by Gasteiger charge is 2.14. The molecule has 0 aliphatic heterocycles. The standard InChI is InChI=1S/C30H22O.C2H5NO/c1-19-2-6-21(7-3-19)25-14-10-23-13-17-28-26(22-8-4-20(18-31)5-9-22)15-11-24-12-16-27(25)29(23)30(24)28;3-1-2-4/h2-17,31H,18H2,1H3;1-2,4H,3H2/b;2-1-. The summed E-state index contributed by atoms with van der Waals surface area (Å²) >= 11 is 0. The van der Waals surface area contributed by atoms with E-state index in [4.69, 9.17) is 5.11 Å². The van der Waals surface area contributed by atoms with E-state index in [0.717, 1.165) is 18.0 Å². The third kappa shape index (κ3) is 4.07. The summed E-state index contributed by atoms with van der Waals surface area (Å²) in [5, 5.41) is 24.7. The molecule has 0 spiro atoms. The Bertz CT molecular complexity index is 1630. The van der Waals surface area contributed by atoms with Gasteiger partial charge in [0.05, 0.1) is 12.9 Å². The van der Waals surface area contributed by atoms with Gasteiger partial charge in [-0.05, 0) is 67.1 Å². The fourth-order valence-electron chi connectivity index (χ4n) is 4.83. The maximum Gasteiger partial charge on any atom is 0.0946 e. The molecule has 0 unspecified atom stereocenters. The minimum atomic E-state index is 0.0700. The molecule has 0 bridgehead atoms. The van der Waals surface area contributed by atoms with Crippen molar-refractivity contribution < 1.29 is 10.2 Å². The lowest BCUT2D eigenvalue weighted by atomic mass is 9.87. The van der Waals surface area contributed by atoms with E-state index in [9.17, 15) is 5.11 Å². The molecule has 6 aromatic rings. The van der Waals surface area contributed by atoms with Crippen LogP contribution in [0.1, 0.15) is 11.1 Å². The summed E-state index contributed by atoms with van der Waals surface area (Å²) in [7, 11) is 0. The van der Waals surface area contributed by atoms with Crippen LogP contribution in [0.5, 0.6) is 0 Å². The van der Waals surface area contributed by atoms with Gasteiger partial charge in [-0.2, -0.15) is 0 Å². The number of rotatable bonds is 3. The summed E-state index contributed by atoms with van der Waals surface area (Å²) in [6, 6.07) is 35.0. The van der Waals surface area contributed by atoms with Gasteiger partial charge in [0.25, 0.3) is 0 Å². The Kier molecular flexibility index (Phi) is 6.09. The quantitative estimate of drug-likeness (QED) is 0.188. The number of hydrogen-bond donors (Lipinski definition) is 3. The first-order chi connectivity index (χ1) is 17.1. The van der Waals surface area contributed by atoms with Crippen LogP contribution in [0, 0.1) is 6.92 Å². The first-order valence-corrected chi connectivity index (χ1v) is 11.6. The zero-order valence-corrected chi connectivity index (χ0v) is 19.6. The summed E-state index contributed by atoms with van der Waals surface area (Å²) in [6.45, 7) is 2.20. The van der Waals surface area contributed by atoms with E-state index >= 15 is 0 Å². The van der Waals surface area contributed by atoms with Crippen LogP contribution in [-0.2, 0) is 6.61 Å². The van der Waals surface area contributed by atoms with Crippen molar-refractivity contribution in [3.63, 3.8) is 0 Å². The number of hydrogen-bond acceptors (Lipinski definition) is 3. The van der Waals surface area contributed by atoms with Crippen LogP contribution in [0.2, 0.25) is 0 Å². The number of aliphatic hydroxyl groups is 2. The van der Waals surface area contributed by atoms with Crippen LogP contribution in [0.3, 0.4) is 0 Å². The minimum Gasteiger partial charge on any atom is -0.514 e. The molecule has 3 heteroatoms. The average molecular weight is 458 g/mol. The van der Waals surface area contributed by atoms with E-state index < -0.39 is 0 Å². The van der Waals surface area contributed by atoms with Gasteiger partial charge < -0.3 is 15.9 Å². The topological polar surface area (TPSA) is 66.5 Å². The van der Waals surface area contributed by atoms with E-state index in [1.54, 1.807) is 0 Å². The molecule has 0 aliphatic rings. The van der Waals surface area contributed by atoms with Gasteiger partial charge in [0.15, 0.2) is 0 Å². The molecule has 0 fully saturated rings. The monoisotopic (exact) mass is 457 g/mol. The van der Waals surface area contributed by atoms with Gasteiger partial charge >= 0.3 is 0 Å². The van der Waals surface area contributed by atoms with Crippen molar-refractivity contribution in [1.29, 1.82) is 0 Å². The van der Waals surface area contributed by atoms with Crippen molar-refractivity contribution in [2.24, 2.45) is 5.73 Å². The summed E-state index contributed by atoms with van der Waals surface area (Å²) in [6.07, 6.45) is 1.83. The van der Waals surface area contributed by atoms with Crippen LogP contribution in [-0.4, -0.2) is 10.2 Å². The highest BCUT2D eigenvalue weighted by molar-refractivity contribution is 6.27. The van der Waals surface area contributed by atoms with Crippen molar-refractivity contribution in [1.82, 2.24) is 0 Å². The van der Waals surface area contributed by atoms with Crippen LogP contribution in [0.25, 0.3) is 54.6 Å². The van der Waals surface area contributed by atoms with E-state index in [1.807, 2.05) is 12.1 Å². The molecule has 0 radical (unpaired) electrons. The predicted octanol–water partition coefficient (Wildman–Crippen LogP) is 7.69. The summed E-state index contributed by atoms with van der Waals surface area (Å²) < 4.78 is 0. The average Bonchev–Trinajstić information content (AvgIpc) is 2.92. The van der Waals surface area contributed by atoms with Crippen molar-refractivity contribution >= 4 is 32.3 Å². The highest BCUT2D eigenvalue weighted by atomic mass is 16.3. The molecule has 35 heavy (non-hydrogen) atoms. The molecule has 0 aromatic heterocycles. The fourth-order valence-corrected chi connectivity index (χ4v) is 4.83. The Balaban J connectivity index is 0.000000591. The predicted molar refractivity (Wildman–Crippen MR) is 148 cm³/mol. The molecule has 3 nitrogen and oxygen atoms in total. The summed E-state index contributed by atoms with van der Waals surface area (Å²) in [5.74, 6) is 0. The maximum atomic E-state index is 9.39. The second kappa shape index (κ2) is 9.49. The Labute approximate surface area is 204 Å². The van der Waals surface area contributed by atoms with Gasteiger partial charge in [-0.1, -0.05) is 103 Å². The molecular weight excluding hydrogens is 430 g/mol. The van der Waals surface area contributed by atoms with Crippen molar-refractivity contribution in [2.75, 3.05) is 0 Å². The number of aliphatic hydroxyl groups excluding tert-OH is 2. The number of nitrogens with two attached hydrogens (primary N) is 1. The molecule has 6 aromatic carbocycles. The van der Waals surface area contributed by atoms with Gasteiger partial charge in [0, 0.05) is 6.20 Å². The number of benzene rings is 6. The Morgan fingerprint density at radius 2 is 1.06 bits per heavy atom. The van der Waals surface area contributed by atoms with Gasteiger partial charge in [-0.15, -0.1) is 0 Å². The zero-order chi connectivity index (χ0) is 24.4. The van der Waals surface area contributed by atoms with Crippen LogP contribution in [0.15, 0.2) is 110 Å². The lowest BCUT2D eigenvalue weighted by Crippen LogP contribution is -1.90. The fraction of sp³-hybridized carbons (Fsp3) is 0.0625. The van der Waals surface area contributed by atoms with Crippen molar-refractivity contribution in [3.8, 4) is 22.3 Å². The molecule has 0 saturated carbocycles. The minimum absolute atomic E-state index is 0.0700. The third-order valence-corrected chi connectivity index (χ3v) is 6.56. The lowest BCUT2D eigenvalue weighted by Gasteiger charge is -2.16. The Morgan fingerprint density at radius 1 is 0.629 bits per heavy atom. The molecule has 0 heterocycles. The first-order valence-electron chi connectivity index (χ1n) is 11.6. The van der Waals surface area contributed by atoms with E-state index in [0.29, 0.717) is 0 Å². The highest BCUT2D eigenvalue weighted by Crippen LogP contribution is 2.42. The van der Waals surface area contributed by atoms with Crippen LogP contribution >= 0.6 is 0 Å². The van der Waals surface area contributed by atoms with Gasteiger partial charge in [-0.25, -0.2) is 0 Å². The van der Waals surface area contributed by atoms with Gasteiger partial charge in [-0.3, -0.25) is 0 Å². The maximum absolute atomic E-state index is 9.39. The molecule has 0 atom stereocenters. The van der Waals surface area contributed by atoms with Gasteiger partial charge in [0.2, 0.25) is 0 Å². The van der Waals surface area contributed by atoms with Gasteiger partial charge in [0.1, 0.15) is 0 Å². The second-order valence-electron chi connectivity index (χ2n) is 8.71. The van der Waals surface area contributed by atoms with Crippen molar-refractivity contribution in [3.05, 3.63) is 121 Å². The van der Waals surface area contributed by atoms with E-state index in [-0.39, 0.29) is 6.61 Å². The Hall–Kier alpha value is -4.34. The van der Waals surface area contributed by atoms with Crippen LogP contribution in [0.4, 0.5) is 0 Å². The molecule has 172 valence electrons. The molecule has 0 saturated heterocycles. The number of aryl methyl sites for hydroxylation is 1. The molecule has 0 aliphatic carbocycles. The zero-order valence-electron chi connectivity index (χ0n) is 19.6. The second-order valence-corrected chi connectivity index (χ2v) is 8.71. The molecule has 0 amide bonds. The van der Waals surface area contributed by atoms with E-state index in [2.05, 4.69) is 97.6 Å². The summed E-state index contributed by atoms with van der Waals surface area (Å²) in [4.78, 5) is 0. The first kappa shape index (κ1) is 22.5. The van der Waals surface area contributed by atoms with Crippen LogP contribution < -0.4 is 5.73 Å². The molecular formula is C32H27NO2. The normalized spacial score (nSPS) is 11.4. The largest absolute Gasteiger partial charge is 0.514 e. The smallest absolute Gasteiger partial charge is 0.0946 e. The summed E-state index contributed by atoms with van der Waals surface area (Å²) in [5.41, 5.74) is 11.7. The molecule has 4 N–H and O–H groups in total. The van der Waals surface area contributed by atoms with Crippen molar-refractivity contribution in [2.45, 2.75) is 13.5 Å². The third-order valence-electron chi connectivity index (χ3n) is 6.56. The molecule has 6 rings (SSSR count).